The van der Waals surface area contributed by atoms with Crippen molar-refractivity contribution in [3.05, 3.63) is 0 Å². The smallest absolute Gasteiger partial charge is 0.234 e. The summed E-state index contributed by atoms with van der Waals surface area (Å²) >= 11 is 0. The summed E-state index contributed by atoms with van der Waals surface area (Å²) in [4.78, 5) is 13.4. The van der Waals surface area contributed by atoms with Crippen LogP contribution in [0, 0.1) is 16.7 Å². The van der Waals surface area contributed by atoms with E-state index < -0.39 is 0 Å². The number of likely N-dealkylation sites (tertiary alicyclic amines) is 1. The molecule has 0 spiro atoms. The lowest BCUT2D eigenvalue weighted by atomic mass is 9.89. The lowest BCUT2D eigenvalue weighted by molar-refractivity contribution is -0.122. The topological polar surface area (TPSA) is 70.1 Å². The van der Waals surface area contributed by atoms with Crippen molar-refractivity contribution in [2.24, 2.45) is 11.1 Å². The molecule has 1 rings (SSSR count). The maximum atomic E-state index is 11.2. The van der Waals surface area contributed by atoms with Gasteiger partial charge in [0.2, 0.25) is 5.91 Å². The molecule has 2 N–H and O–H groups in total. The van der Waals surface area contributed by atoms with E-state index >= 15 is 0 Å². The molecule has 0 aromatic heterocycles. The molecule has 1 unspecified atom stereocenters. The van der Waals surface area contributed by atoms with Crippen molar-refractivity contribution in [1.82, 2.24) is 4.90 Å². The molecule has 4 heteroatoms. The van der Waals surface area contributed by atoms with Crippen molar-refractivity contribution < 1.29 is 4.79 Å². The SMILES string of the molecule is CC(C)(C#N)CCCCN1CCCC1C(N)=O. The van der Waals surface area contributed by atoms with Crippen LogP contribution in [0.25, 0.3) is 0 Å². The molecule has 1 amide bonds. The second-order valence-corrected chi connectivity index (χ2v) is 5.55. The Morgan fingerprint density at radius 1 is 1.53 bits per heavy atom. The van der Waals surface area contributed by atoms with Crippen LogP contribution in [0.15, 0.2) is 0 Å². The Bertz CT molecular complexity index is 306. The molecule has 1 saturated heterocycles. The van der Waals surface area contributed by atoms with Crippen molar-refractivity contribution >= 4 is 5.91 Å². The van der Waals surface area contributed by atoms with Crippen LogP contribution < -0.4 is 5.73 Å². The van der Waals surface area contributed by atoms with E-state index in [4.69, 9.17) is 11.0 Å². The Morgan fingerprint density at radius 3 is 2.82 bits per heavy atom. The summed E-state index contributed by atoms with van der Waals surface area (Å²) in [6.45, 7) is 5.84. The second kappa shape index (κ2) is 6.02. The van der Waals surface area contributed by atoms with E-state index in [9.17, 15) is 4.79 Å². The van der Waals surface area contributed by atoms with Gasteiger partial charge in [0.05, 0.1) is 17.5 Å². The molecular weight excluding hydrogens is 214 g/mol. The molecule has 1 heterocycles. The molecule has 0 radical (unpaired) electrons. The van der Waals surface area contributed by atoms with Crippen LogP contribution in [0.4, 0.5) is 0 Å². The number of unbranched alkanes of at least 4 members (excludes halogenated alkanes) is 1. The lowest BCUT2D eigenvalue weighted by Gasteiger charge is -2.22. The monoisotopic (exact) mass is 237 g/mol. The molecule has 0 aromatic rings. The Kier molecular flexibility index (Phi) is 4.95. The summed E-state index contributed by atoms with van der Waals surface area (Å²) in [6, 6.07) is 2.25. The largest absolute Gasteiger partial charge is 0.368 e. The third-order valence-corrected chi connectivity index (χ3v) is 3.49. The number of amides is 1. The van der Waals surface area contributed by atoms with E-state index in [1.54, 1.807) is 0 Å². The molecule has 96 valence electrons. The molecule has 1 aliphatic heterocycles. The molecule has 0 aromatic carbocycles. The minimum Gasteiger partial charge on any atom is -0.368 e. The van der Waals surface area contributed by atoms with E-state index in [0.717, 1.165) is 45.2 Å². The maximum Gasteiger partial charge on any atom is 0.234 e. The summed E-state index contributed by atoms with van der Waals surface area (Å²) < 4.78 is 0. The standard InChI is InChI=1S/C13H23N3O/c1-13(2,10-14)7-3-4-8-16-9-5-6-11(16)12(15)17/h11H,3-9H2,1-2H3,(H2,15,17). The predicted molar refractivity (Wildman–Crippen MR) is 67.0 cm³/mol. The van der Waals surface area contributed by atoms with Gasteiger partial charge in [-0.05, 0) is 52.6 Å². The molecular formula is C13H23N3O. The van der Waals surface area contributed by atoms with Crippen LogP contribution in [-0.4, -0.2) is 29.9 Å². The molecule has 4 nitrogen and oxygen atoms in total. The van der Waals surface area contributed by atoms with Crippen LogP contribution in [0.5, 0.6) is 0 Å². The van der Waals surface area contributed by atoms with Crippen LogP contribution in [0.2, 0.25) is 0 Å². The van der Waals surface area contributed by atoms with Crippen LogP contribution in [-0.2, 0) is 4.79 Å². The Morgan fingerprint density at radius 2 is 2.24 bits per heavy atom. The minimum atomic E-state index is -0.228. The first-order chi connectivity index (χ1) is 7.96. The van der Waals surface area contributed by atoms with Crippen molar-refractivity contribution in [3.8, 4) is 6.07 Å². The maximum absolute atomic E-state index is 11.2. The number of rotatable bonds is 6. The molecule has 0 saturated carbocycles. The van der Waals surface area contributed by atoms with E-state index in [-0.39, 0.29) is 17.4 Å². The third-order valence-electron chi connectivity index (χ3n) is 3.49. The van der Waals surface area contributed by atoms with Gasteiger partial charge in [0.25, 0.3) is 0 Å². The minimum absolute atomic E-state index is 0.0565. The first-order valence-corrected chi connectivity index (χ1v) is 6.41. The first kappa shape index (κ1) is 14.0. The highest BCUT2D eigenvalue weighted by Gasteiger charge is 2.28. The normalized spacial score (nSPS) is 21.4. The van der Waals surface area contributed by atoms with Gasteiger partial charge in [0, 0.05) is 0 Å². The fraction of sp³-hybridized carbons (Fsp3) is 0.846. The van der Waals surface area contributed by atoms with Gasteiger partial charge in [-0.15, -0.1) is 0 Å². The molecule has 1 atom stereocenters. The molecule has 1 aliphatic rings. The van der Waals surface area contributed by atoms with Crippen molar-refractivity contribution in [1.29, 1.82) is 5.26 Å². The van der Waals surface area contributed by atoms with Gasteiger partial charge < -0.3 is 5.73 Å². The van der Waals surface area contributed by atoms with Gasteiger partial charge >= 0.3 is 0 Å². The number of hydrogen-bond donors (Lipinski definition) is 1. The van der Waals surface area contributed by atoms with Crippen LogP contribution >= 0.6 is 0 Å². The van der Waals surface area contributed by atoms with E-state index in [1.807, 2.05) is 13.8 Å². The van der Waals surface area contributed by atoms with Gasteiger partial charge in [0.15, 0.2) is 0 Å². The van der Waals surface area contributed by atoms with Crippen molar-refractivity contribution in [2.45, 2.75) is 52.0 Å². The van der Waals surface area contributed by atoms with Crippen LogP contribution in [0.1, 0.15) is 46.0 Å². The fourth-order valence-corrected chi connectivity index (χ4v) is 2.35. The van der Waals surface area contributed by atoms with Crippen LogP contribution in [0.3, 0.4) is 0 Å². The number of nitrogens with zero attached hydrogens (tertiary/aromatic N) is 2. The van der Waals surface area contributed by atoms with Crippen molar-refractivity contribution in [3.63, 3.8) is 0 Å². The van der Waals surface area contributed by atoms with Gasteiger partial charge in [-0.25, -0.2) is 0 Å². The van der Waals surface area contributed by atoms with Gasteiger partial charge in [-0.1, -0.05) is 6.42 Å². The van der Waals surface area contributed by atoms with Crippen molar-refractivity contribution in [2.75, 3.05) is 13.1 Å². The zero-order valence-electron chi connectivity index (χ0n) is 10.9. The quantitative estimate of drug-likeness (QED) is 0.714. The average molecular weight is 237 g/mol. The molecule has 0 bridgehead atoms. The number of hydrogen-bond acceptors (Lipinski definition) is 3. The number of nitrogens with two attached hydrogens (primary N) is 1. The number of primary amides is 1. The number of carbonyl (C=O) groups is 1. The lowest BCUT2D eigenvalue weighted by Crippen LogP contribution is -2.40. The predicted octanol–water partition coefficient (Wildman–Crippen LogP) is 1.66. The Balaban J connectivity index is 2.23. The zero-order valence-corrected chi connectivity index (χ0v) is 10.9. The second-order valence-electron chi connectivity index (χ2n) is 5.55. The highest BCUT2D eigenvalue weighted by Crippen LogP contribution is 2.23. The summed E-state index contributed by atoms with van der Waals surface area (Å²) in [5.74, 6) is -0.195. The van der Waals surface area contributed by atoms with E-state index in [0.29, 0.717) is 0 Å². The summed E-state index contributed by atoms with van der Waals surface area (Å²) in [7, 11) is 0. The Hall–Kier alpha value is -1.08. The van der Waals surface area contributed by atoms with Gasteiger partial charge in [-0.2, -0.15) is 5.26 Å². The average Bonchev–Trinajstić information content (AvgIpc) is 2.73. The van der Waals surface area contributed by atoms with Gasteiger partial charge in [0.1, 0.15) is 0 Å². The third kappa shape index (κ3) is 4.35. The first-order valence-electron chi connectivity index (χ1n) is 6.41. The van der Waals surface area contributed by atoms with Gasteiger partial charge in [-0.3, -0.25) is 9.69 Å². The van der Waals surface area contributed by atoms with E-state index in [2.05, 4.69) is 11.0 Å². The number of nitriles is 1. The number of carbonyl (C=O) groups excluding carboxylic acids is 1. The zero-order chi connectivity index (χ0) is 12.9. The highest BCUT2D eigenvalue weighted by atomic mass is 16.1. The highest BCUT2D eigenvalue weighted by molar-refractivity contribution is 5.80. The summed E-state index contributed by atoms with van der Waals surface area (Å²) in [6.07, 6.45) is 4.95. The molecule has 17 heavy (non-hydrogen) atoms. The Labute approximate surface area is 104 Å². The molecule has 0 aliphatic carbocycles. The summed E-state index contributed by atoms with van der Waals surface area (Å²) in [5, 5.41) is 8.90. The fourth-order valence-electron chi connectivity index (χ4n) is 2.35. The van der Waals surface area contributed by atoms with E-state index in [1.165, 1.54) is 0 Å². The molecule has 1 fully saturated rings. The summed E-state index contributed by atoms with van der Waals surface area (Å²) in [5.41, 5.74) is 5.13.